The van der Waals surface area contributed by atoms with Crippen molar-refractivity contribution in [3.63, 3.8) is 0 Å². The van der Waals surface area contributed by atoms with Crippen molar-refractivity contribution < 1.29 is 24.2 Å². The Morgan fingerprint density at radius 1 is 1.15 bits per heavy atom. The number of hydrogen-bond donors (Lipinski definition) is 1. The van der Waals surface area contributed by atoms with Gasteiger partial charge in [0, 0.05) is 14.1 Å². The maximum atomic E-state index is 12.6. The van der Waals surface area contributed by atoms with Crippen LogP contribution in [0.15, 0.2) is 59.1 Å². The number of carboxylic acids is 1. The van der Waals surface area contributed by atoms with Crippen LogP contribution in [-0.2, 0) is 22.6 Å². The van der Waals surface area contributed by atoms with Gasteiger partial charge in [0.1, 0.15) is 17.9 Å². The highest BCUT2D eigenvalue weighted by Crippen LogP contribution is 2.33. The van der Waals surface area contributed by atoms with Gasteiger partial charge in [0.25, 0.3) is 11.8 Å². The molecule has 1 fully saturated rings. The molecule has 0 spiro atoms. The van der Waals surface area contributed by atoms with E-state index in [-0.39, 0.29) is 22.9 Å². The van der Waals surface area contributed by atoms with E-state index in [2.05, 4.69) is 22.5 Å². The van der Waals surface area contributed by atoms with Crippen LogP contribution in [0.2, 0.25) is 0 Å². The molecule has 1 aliphatic rings. The third kappa shape index (κ3) is 5.20. The highest BCUT2D eigenvalue weighted by molar-refractivity contribution is 9.10. The zero-order valence-electron chi connectivity index (χ0n) is 18.0. The number of aromatic carboxylic acids is 1. The van der Waals surface area contributed by atoms with E-state index in [0.717, 1.165) is 11.1 Å². The molecule has 7 nitrogen and oxygen atoms in total. The number of carbonyl (C=O) groups is 3. The van der Waals surface area contributed by atoms with Gasteiger partial charge >= 0.3 is 5.97 Å². The topological polar surface area (TPSA) is 87.2 Å². The molecule has 9 heteroatoms. The highest BCUT2D eigenvalue weighted by atomic mass is 79.9. The van der Waals surface area contributed by atoms with Gasteiger partial charge in [-0.2, -0.15) is 0 Å². The van der Waals surface area contributed by atoms with Crippen LogP contribution in [0, 0.1) is 0 Å². The third-order valence-corrected chi connectivity index (χ3v) is 6.18. The van der Waals surface area contributed by atoms with Crippen molar-refractivity contribution in [3.05, 3.63) is 81.4 Å². The number of allylic oxidation sites excluding steroid dienone is 1. The standard InChI is InChI=1S/C24H21BrN2O5S/c1-4-5-17-10-15(11-18-21(28)26(2)24(33)27(3)22(18)29)12-19(25)20(17)32-13-14-6-8-16(9-7-14)23(30)31/h4,6-12H,1,5,13H2,2-3H3,(H,30,31). The fourth-order valence-corrected chi connectivity index (χ4v) is 4.07. The van der Waals surface area contributed by atoms with Gasteiger partial charge in [-0.25, -0.2) is 4.79 Å². The van der Waals surface area contributed by atoms with Crippen LogP contribution < -0.4 is 4.74 Å². The molecule has 0 aromatic heterocycles. The van der Waals surface area contributed by atoms with E-state index < -0.39 is 17.8 Å². The van der Waals surface area contributed by atoms with Crippen LogP contribution in [0.25, 0.3) is 6.08 Å². The summed E-state index contributed by atoms with van der Waals surface area (Å²) in [5, 5.41) is 9.18. The van der Waals surface area contributed by atoms with Crippen LogP contribution >= 0.6 is 28.1 Å². The van der Waals surface area contributed by atoms with Gasteiger partial charge in [0.15, 0.2) is 5.11 Å². The molecule has 0 saturated carbocycles. The van der Waals surface area contributed by atoms with Gasteiger partial charge in [-0.3, -0.25) is 19.4 Å². The number of halogens is 1. The molecule has 1 N–H and O–H groups in total. The molecule has 2 amide bonds. The molecule has 0 unspecified atom stereocenters. The molecule has 0 bridgehead atoms. The van der Waals surface area contributed by atoms with Gasteiger partial charge in [-0.1, -0.05) is 18.2 Å². The maximum Gasteiger partial charge on any atom is 0.335 e. The molecule has 1 aliphatic heterocycles. The smallest absolute Gasteiger partial charge is 0.335 e. The number of ether oxygens (including phenoxy) is 1. The van der Waals surface area contributed by atoms with Crippen molar-refractivity contribution in [1.29, 1.82) is 0 Å². The highest BCUT2D eigenvalue weighted by Gasteiger charge is 2.35. The predicted molar refractivity (Wildman–Crippen MR) is 132 cm³/mol. The lowest BCUT2D eigenvalue weighted by atomic mass is 10.0. The van der Waals surface area contributed by atoms with Gasteiger partial charge in [0.05, 0.1) is 10.0 Å². The number of rotatable bonds is 7. The normalized spacial score (nSPS) is 13.9. The zero-order valence-corrected chi connectivity index (χ0v) is 20.4. The fraction of sp³-hybridized carbons (Fsp3) is 0.167. The van der Waals surface area contributed by atoms with Crippen LogP contribution in [0.3, 0.4) is 0 Å². The molecule has 0 atom stereocenters. The van der Waals surface area contributed by atoms with Crippen LogP contribution in [-0.4, -0.2) is 51.9 Å². The lowest BCUT2D eigenvalue weighted by molar-refractivity contribution is -0.132. The quantitative estimate of drug-likeness (QED) is 0.252. The molecule has 3 rings (SSSR count). The minimum Gasteiger partial charge on any atom is -0.487 e. The number of nitrogens with zero attached hydrogens (tertiary/aromatic N) is 2. The Balaban J connectivity index is 1.91. The van der Waals surface area contributed by atoms with E-state index in [1.807, 2.05) is 6.07 Å². The number of hydrogen-bond acceptors (Lipinski definition) is 5. The summed E-state index contributed by atoms with van der Waals surface area (Å²) in [5.41, 5.74) is 2.47. The molecular weight excluding hydrogens is 508 g/mol. The van der Waals surface area contributed by atoms with E-state index in [9.17, 15) is 14.4 Å². The Morgan fingerprint density at radius 2 is 1.76 bits per heavy atom. The SMILES string of the molecule is C=CCc1cc(C=C2C(=O)N(C)C(=S)N(C)C2=O)cc(Br)c1OCc1ccc(C(=O)O)cc1. The fourth-order valence-electron chi connectivity index (χ4n) is 3.27. The van der Waals surface area contributed by atoms with Crippen molar-refractivity contribution in [2.45, 2.75) is 13.0 Å². The van der Waals surface area contributed by atoms with E-state index in [1.165, 1.54) is 42.1 Å². The summed E-state index contributed by atoms with van der Waals surface area (Å²) < 4.78 is 6.65. The monoisotopic (exact) mass is 528 g/mol. The molecule has 0 aliphatic carbocycles. The third-order valence-electron chi connectivity index (χ3n) is 5.05. The van der Waals surface area contributed by atoms with Crippen molar-refractivity contribution in [3.8, 4) is 5.75 Å². The van der Waals surface area contributed by atoms with Gasteiger partial charge < -0.3 is 9.84 Å². The largest absolute Gasteiger partial charge is 0.487 e. The average molecular weight is 529 g/mol. The summed E-state index contributed by atoms with van der Waals surface area (Å²) in [5.74, 6) is -1.32. The number of likely N-dealkylation sites (N-methyl/N-ethyl adjacent to an activating group) is 2. The van der Waals surface area contributed by atoms with E-state index in [0.29, 0.717) is 22.2 Å². The molecule has 0 radical (unpaired) electrons. The molecule has 1 saturated heterocycles. The van der Waals surface area contributed by atoms with Crippen molar-refractivity contribution in [2.75, 3.05) is 14.1 Å². The first kappa shape index (κ1) is 24.3. The van der Waals surface area contributed by atoms with Crippen LogP contribution in [0.4, 0.5) is 0 Å². The first-order chi connectivity index (χ1) is 15.6. The number of carbonyl (C=O) groups excluding carboxylic acids is 2. The van der Waals surface area contributed by atoms with Crippen molar-refractivity contribution >= 4 is 57.1 Å². The summed E-state index contributed by atoms with van der Waals surface area (Å²) in [4.78, 5) is 38.8. The van der Waals surface area contributed by atoms with Crippen LogP contribution in [0.1, 0.15) is 27.0 Å². The Morgan fingerprint density at radius 3 is 2.30 bits per heavy atom. The second kappa shape index (κ2) is 10.1. The summed E-state index contributed by atoms with van der Waals surface area (Å²) in [6, 6.07) is 10.0. The summed E-state index contributed by atoms with van der Waals surface area (Å²) >= 11 is 8.65. The second-order valence-electron chi connectivity index (χ2n) is 7.34. The molecule has 1 heterocycles. The minimum absolute atomic E-state index is 0.0113. The number of thiocarbonyl (C=S) groups is 1. The first-order valence-corrected chi connectivity index (χ1v) is 11.0. The first-order valence-electron chi connectivity index (χ1n) is 9.84. The van der Waals surface area contributed by atoms with Crippen molar-refractivity contribution in [1.82, 2.24) is 9.80 Å². The summed E-state index contributed by atoms with van der Waals surface area (Å²) in [6.07, 6.45) is 3.75. The molecule has 33 heavy (non-hydrogen) atoms. The van der Waals surface area contributed by atoms with E-state index >= 15 is 0 Å². The van der Waals surface area contributed by atoms with Crippen LogP contribution in [0.5, 0.6) is 5.75 Å². The predicted octanol–water partition coefficient (Wildman–Crippen LogP) is 4.05. The Kier molecular flexibility index (Phi) is 7.45. The molecule has 2 aromatic carbocycles. The number of benzene rings is 2. The molecular formula is C24H21BrN2O5S. The molecule has 170 valence electrons. The minimum atomic E-state index is -0.989. The maximum absolute atomic E-state index is 12.6. The Hall–Kier alpha value is -3.30. The average Bonchev–Trinajstić information content (AvgIpc) is 2.79. The Labute approximate surface area is 205 Å². The van der Waals surface area contributed by atoms with Gasteiger partial charge in [-0.05, 0) is 81.6 Å². The number of amides is 2. The van der Waals surface area contributed by atoms with Gasteiger partial charge in [0.2, 0.25) is 0 Å². The Bertz CT molecular complexity index is 1160. The van der Waals surface area contributed by atoms with E-state index in [1.54, 1.807) is 24.3 Å². The second-order valence-corrected chi connectivity index (χ2v) is 8.56. The lowest BCUT2D eigenvalue weighted by Gasteiger charge is -2.31. The summed E-state index contributed by atoms with van der Waals surface area (Å²) in [6.45, 7) is 4.02. The molecule has 2 aromatic rings. The summed E-state index contributed by atoms with van der Waals surface area (Å²) in [7, 11) is 3.06. The van der Waals surface area contributed by atoms with E-state index in [4.69, 9.17) is 22.1 Å². The zero-order chi connectivity index (χ0) is 24.3. The number of carboxylic acid groups (broad SMARTS) is 1. The lowest BCUT2D eigenvalue weighted by Crippen LogP contribution is -2.52. The van der Waals surface area contributed by atoms with Gasteiger partial charge in [-0.15, -0.1) is 6.58 Å². The van der Waals surface area contributed by atoms with Crippen molar-refractivity contribution in [2.24, 2.45) is 0 Å².